The monoisotopic (exact) mass is 438 g/mol. The van der Waals surface area contributed by atoms with Crippen LogP contribution in [0.5, 0.6) is 5.75 Å². The molecule has 0 saturated heterocycles. The second-order valence-corrected chi connectivity index (χ2v) is 8.74. The van der Waals surface area contributed by atoms with Crippen molar-refractivity contribution in [3.05, 3.63) is 76.1 Å². The first-order chi connectivity index (χ1) is 15.0. The topological polar surface area (TPSA) is 43.2 Å². The number of methoxy groups -OCH3 is 1. The Bertz CT molecular complexity index is 1170. The maximum absolute atomic E-state index is 13.8. The highest BCUT2D eigenvalue weighted by Crippen LogP contribution is 2.40. The fourth-order valence-corrected chi connectivity index (χ4v) is 4.89. The van der Waals surface area contributed by atoms with Crippen LogP contribution >= 0.6 is 11.6 Å². The normalized spacial score (nSPS) is 18.7. The van der Waals surface area contributed by atoms with Crippen LogP contribution in [0.4, 0.5) is 4.39 Å². The highest BCUT2D eigenvalue weighted by atomic mass is 35.5. The summed E-state index contributed by atoms with van der Waals surface area (Å²) in [6.07, 6.45) is 4.77. The fraction of sp³-hybridized carbons (Fsp3) is 0.333. The van der Waals surface area contributed by atoms with Gasteiger partial charge in [0.25, 0.3) is 0 Å². The van der Waals surface area contributed by atoms with Crippen LogP contribution in [-0.2, 0) is 13.1 Å². The van der Waals surface area contributed by atoms with Gasteiger partial charge in [0.15, 0.2) is 5.82 Å². The van der Waals surface area contributed by atoms with Gasteiger partial charge in [-0.3, -0.25) is 9.47 Å². The summed E-state index contributed by atoms with van der Waals surface area (Å²) in [5.41, 5.74) is 4.23. The lowest BCUT2D eigenvalue weighted by Gasteiger charge is -2.23. The van der Waals surface area contributed by atoms with Crippen molar-refractivity contribution in [1.82, 2.24) is 19.7 Å². The molecule has 1 aliphatic carbocycles. The molecule has 0 N–H and O–H groups in total. The fourth-order valence-electron chi connectivity index (χ4n) is 4.69. The number of fused-ring (bicyclic) bond motifs is 3. The van der Waals surface area contributed by atoms with Crippen molar-refractivity contribution in [3.63, 3.8) is 0 Å². The van der Waals surface area contributed by atoms with Crippen LogP contribution in [-0.4, -0.2) is 33.8 Å². The van der Waals surface area contributed by atoms with E-state index in [-0.39, 0.29) is 11.7 Å². The van der Waals surface area contributed by atoms with Gasteiger partial charge < -0.3 is 4.74 Å². The Labute approximate surface area is 186 Å². The molecule has 0 saturated carbocycles. The van der Waals surface area contributed by atoms with E-state index in [0.29, 0.717) is 5.75 Å². The molecule has 1 atom stereocenters. The third kappa shape index (κ3) is 3.75. The molecule has 5 nitrogen and oxygen atoms in total. The number of allylic oxidation sites excluding steroid dienone is 2. The van der Waals surface area contributed by atoms with Gasteiger partial charge in [0, 0.05) is 23.0 Å². The quantitative estimate of drug-likeness (QED) is 0.551. The molecule has 7 heteroatoms. The van der Waals surface area contributed by atoms with Crippen molar-refractivity contribution in [2.45, 2.75) is 38.3 Å². The van der Waals surface area contributed by atoms with E-state index in [1.807, 2.05) is 12.1 Å². The van der Waals surface area contributed by atoms with Gasteiger partial charge in [0.1, 0.15) is 17.4 Å². The largest absolute Gasteiger partial charge is 0.496 e. The van der Waals surface area contributed by atoms with Gasteiger partial charge in [-0.05, 0) is 73.8 Å². The Balaban J connectivity index is 1.50. The minimum absolute atomic E-state index is 0.247. The van der Waals surface area contributed by atoms with E-state index in [9.17, 15) is 4.39 Å². The Kier molecular flexibility index (Phi) is 5.28. The average Bonchev–Trinajstić information content (AvgIpc) is 3.11. The zero-order chi connectivity index (χ0) is 21.5. The molecule has 0 bridgehead atoms. The minimum Gasteiger partial charge on any atom is -0.496 e. The van der Waals surface area contributed by atoms with E-state index in [0.717, 1.165) is 65.8 Å². The van der Waals surface area contributed by atoms with Crippen LogP contribution in [0.25, 0.3) is 11.3 Å². The lowest BCUT2D eigenvalue weighted by molar-refractivity contribution is 0.315. The minimum atomic E-state index is -0.249. The molecular weight excluding hydrogens is 415 g/mol. The Morgan fingerprint density at radius 2 is 2.00 bits per heavy atom. The van der Waals surface area contributed by atoms with E-state index in [1.165, 1.54) is 11.6 Å². The van der Waals surface area contributed by atoms with E-state index in [2.05, 4.69) is 38.9 Å². The molecule has 3 aromatic rings. The van der Waals surface area contributed by atoms with Crippen LogP contribution in [0.1, 0.15) is 48.0 Å². The van der Waals surface area contributed by atoms with Gasteiger partial charge in [-0.1, -0.05) is 17.7 Å². The molecule has 31 heavy (non-hydrogen) atoms. The number of nitrogens with zero attached hydrogens (tertiary/aromatic N) is 4. The molecule has 0 spiro atoms. The van der Waals surface area contributed by atoms with Gasteiger partial charge >= 0.3 is 0 Å². The Hall–Kier alpha value is -2.70. The van der Waals surface area contributed by atoms with Crippen molar-refractivity contribution in [2.24, 2.45) is 0 Å². The summed E-state index contributed by atoms with van der Waals surface area (Å²) in [5, 5.41) is 9.87. The van der Waals surface area contributed by atoms with E-state index < -0.39 is 0 Å². The zero-order valence-corrected chi connectivity index (χ0v) is 18.4. The number of halogens is 2. The molecule has 1 aliphatic heterocycles. The number of aromatic nitrogens is 3. The highest BCUT2D eigenvalue weighted by molar-refractivity contribution is 6.30. The summed E-state index contributed by atoms with van der Waals surface area (Å²) in [5.74, 6) is 2.63. The van der Waals surface area contributed by atoms with Crippen molar-refractivity contribution in [1.29, 1.82) is 0 Å². The van der Waals surface area contributed by atoms with Crippen molar-refractivity contribution < 1.29 is 9.13 Å². The molecule has 2 heterocycles. The van der Waals surface area contributed by atoms with E-state index >= 15 is 0 Å². The maximum Gasteiger partial charge on any atom is 0.151 e. The molecular formula is C24H24ClFN4O. The summed E-state index contributed by atoms with van der Waals surface area (Å²) < 4.78 is 21.5. The van der Waals surface area contributed by atoms with Gasteiger partial charge in [-0.2, -0.15) is 0 Å². The lowest BCUT2D eigenvalue weighted by atomic mass is 9.85. The molecule has 0 amide bonds. The smallest absolute Gasteiger partial charge is 0.151 e. The second-order valence-electron chi connectivity index (χ2n) is 8.30. The molecule has 160 valence electrons. The number of benzene rings is 2. The molecule has 0 radical (unpaired) electrons. The van der Waals surface area contributed by atoms with E-state index in [4.69, 9.17) is 16.3 Å². The average molecular weight is 439 g/mol. The van der Waals surface area contributed by atoms with E-state index in [1.54, 1.807) is 19.2 Å². The first-order valence-electron chi connectivity index (χ1n) is 10.5. The summed E-state index contributed by atoms with van der Waals surface area (Å²) in [6, 6.07) is 10.7. The maximum atomic E-state index is 13.8. The number of ether oxygens (including phenoxy) is 1. The predicted molar refractivity (Wildman–Crippen MR) is 119 cm³/mol. The van der Waals surface area contributed by atoms with Crippen LogP contribution in [0, 0.1) is 5.82 Å². The van der Waals surface area contributed by atoms with Crippen LogP contribution in [0.3, 0.4) is 0 Å². The third-order valence-electron chi connectivity index (χ3n) is 6.17. The van der Waals surface area contributed by atoms with Gasteiger partial charge in [-0.15, -0.1) is 10.2 Å². The first kappa shape index (κ1) is 20.2. The van der Waals surface area contributed by atoms with Crippen molar-refractivity contribution in [2.75, 3.05) is 14.2 Å². The highest BCUT2D eigenvalue weighted by Gasteiger charge is 2.28. The Morgan fingerprint density at radius 1 is 1.13 bits per heavy atom. The molecule has 0 unspecified atom stereocenters. The van der Waals surface area contributed by atoms with Crippen LogP contribution < -0.4 is 4.74 Å². The standard InChI is InChI=1S/C24H24ClFN4O/c1-29-13-17-11-18(25)7-9-21(17)30-23(14-29)27-28-24(30)16-5-3-15(4-6-16)20-12-19(26)8-10-22(20)31-2/h3,7-12,16H,4-6,13-14H2,1-2H3/t16-/m1/s1. The summed E-state index contributed by atoms with van der Waals surface area (Å²) >= 11 is 6.27. The van der Waals surface area contributed by atoms with Gasteiger partial charge in [0.05, 0.1) is 19.3 Å². The molecule has 2 aromatic carbocycles. The number of hydrogen-bond donors (Lipinski definition) is 0. The molecule has 2 aliphatic rings. The summed E-state index contributed by atoms with van der Waals surface area (Å²) in [4.78, 5) is 2.22. The van der Waals surface area contributed by atoms with Crippen LogP contribution in [0.15, 0.2) is 42.5 Å². The summed E-state index contributed by atoms with van der Waals surface area (Å²) in [7, 11) is 3.70. The van der Waals surface area contributed by atoms with Crippen molar-refractivity contribution >= 4 is 17.2 Å². The summed E-state index contributed by atoms with van der Waals surface area (Å²) in [6.45, 7) is 1.54. The van der Waals surface area contributed by atoms with Crippen LogP contribution in [0.2, 0.25) is 5.02 Å². The zero-order valence-electron chi connectivity index (χ0n) is 17.6. The SMILES string of the molecule is COc1ccc(F)cc1C1=CC[C@@H](c2nnc3n2-c2ccc(Cl)cc2CN(C)C3)CC1. The lowest BCUT2D eigenvalue weighted by Crippen LogP contribution is -2.16. The van der Waals surface area contributed by atoms with Gasteiger partial charge in [-0.25, -0.2) is 4.39 Å². The molecule has 5 rings (SSSR count). The number of hydrogen-bond acceptors (Lipinski definition) is 4. The first-order valence-corrected chi connectivity index (χ1v) is 10.9. The third-order valence-corrected chi connectivity index (χ3v) is 6.41. The predicted octanol–water partition coefficient (Wildman–Crippen LogP) is 5.36. The molecule has 1 aromatic heterocycles. The van der Waals surface area contributed by atoms with Gasteiger partial charge in [0.2, 0.25) is 0 Å². The van der Waals surface area contributed by atoms with Crippen molar-refractivity contribution in [3.8, 4) is 11.4 Å². The second kappa shape index (κ2) is 8.09. The number of rotatable bonds is 3. The molecule has 0 fully saturated rings. The Morgan fingerprint density at radius 3 is 2.77 bits per heavy atom.